The van der Waals surface area contributed by atoms with Crippen molar-refractivity contribution in [3.63, 3.8) is 0 Å². The van der Waals surface area contributed by atoms with Gasteiger partial charge in [-0.05, 0) is 6.92 Å². The zero-order valence-electron chi connectivity index (χ0n) is 5.46. The van der Waals surface area contributed by atoms with Gasteiger partial charge in [0.1, 0.15) is 0 Å². The first kappa shape index (κ1) is 6.51. The van der Waals surface area contributed by atoms with E-state index < -0.39 is 6.23 Å². The average Bonchev–Trinajstić information content (AvgIpc) is 1.98. The maximum Gasteiger partial charge on any atom is 0.267 e. The van der Waals surface area contributed by atoms with Gasteiger partial charge in [-0.2, -0.15) is 0 Å². The molecule has 0 aromatic rings. The molecule has 2 atom stereocenters. The first-order valence-electron chi connectivity index (χ1n) is 2.83. The molecule has 1 amide bonds. The Morgan fingerprint density at radius 1 is 1.78 bits per heavy atom. The van der Waals surface area contributed by atoms with Crippen molar-refractivity contribution in [2.75, 3.05) is 7.05 Å². The molecule has 1 rings (SSSR count). The standard InChI is InChI=1S/C5H10N2O2/c1-3-6-4(8)5(9)7(3)2/h3-4,6,8H,1-2H3. The molecule has 2 unspecified atom stereocenters. The summed E-state index contributed by atoms with van der Waals surface area (Å²) < 4.78 is 0. The van der Waals surface area contributed by atoms with Crippen LogP contribution in [-0.4, -0.2) is 35.4 Å². The second-order valence-corrected chi connectivity index (χ2v) is 2.19. The van der Waals surface area contributed by atoms with Gasteiger partial charge in [-0.1, -0.05) is 0 Å². The van der Waals surface area contributed by atoms with E-state index in [1.807, 2.05) is 6.92 Å². The monoisotopic (exact) mass is 130 g/mol. The van der Waals surface area contributed by atoms with Crippen molar-refractivity contribution in [3.8, 4) is 0 Å². The van der Waals surface area contributed by atoms with E-state index in [4.69, 9.17) is 5.11 Å². The fourth-order valence-corrected chi connectivity index (χ4v) is 0.795. The number of carbonyl (C=O) groups is 1. The maximum atomic E-state index is 10.7. The largest absolute Gasteiger partial charge is 0.370 e. The predicted molar refractivity (Wildman–Crippen MR) is 31.4 cm³/mol. The lowest BCUT2D eigenvalue weighted by Gasteiger charge is -2.12. The summed E-state index contributed by atoms with van der Waals surface area (Å²) in [4.78, 5) is 12.2. The molecule has 2 N–H and O–H groups in total. The number of nitrogens with one attached hydrogen (secondary N) is 1. The Bertz CT molecular complexity index is 137. The minimum Gasteiger partial charge on any atom is -0.370 e. The van der Waals surface area contributed by atoms with Crippen LogP contribution in [0.15, 0.2) is 0 Å². The Hall–Kier alpha value is -0.610. The number of carbonyl (C=O) groups excluding carboxylic acids is 1. The number of likely N-dealkylation sites (N-methyl/N-ethyl adjacent to an activating group) is 1. The molecular formula is C5H10N2O2. The molecule has 1 aliphatic heterocycles. The summed E-state index contributed by atoms with van der Waals surface area (Å²) in [6.45, 7) is 1.81. The van der Waals surface area contributed by atoms with Crippen LogP contribution >= 0.6 is 0 Å². The lowest BCUT2D eigenvalue weighted by atomic mass is 10.5. The average molecular weight is 130 g/mol. The highest BCUT2D eigenvalue weighted by atomic mass is 16.3. The Labute approximate surface area is 53.5 Å². The number of rotatable bonds is 0. The summed E-state index contributed by atoms with van der Waals surface area (Å²) in [5.74, 6) is -0.262. The third-order valence-electron chi connectivity index (χ3n) is 1.56. The molecule has 1 fully saturated rings. The van der Waals surface area contributed by atoms with E-state index in [2.05, 4.69) is 5.32 Å². The van der Waals surface area contributed by atoms with Crippen LogP contribution in [0.4, 0.5) is 0 Å². The fraction of sp³-hybridized carbons (Fsp3) is 0.800. The Morgan fingerprint density at radius 3 is 2.44 bits per heavy atom. The minimum absolute atomic E-state index is 0.0486. The molecule has 0 radical (unpaired) electrons. The summed E-state index contributed by atoms with van der Waals surface area (Å²) in [5.41, 5.74) is 0. The zero-order chi connectivity index (χ0) is 7.02. The Morgan fingerprint density at radius 2 is 2.33 bits per heavy atom. The number of amides is 1. The van der Waals surface area contributed by atoms with Crippen molar-refractivity contribution in [2.24, 2.45) is 0 Å². The van der Waals surface area contributed by atoms with Crippen molar-refractivity contribution in [2.45, 2.75) is 19.3 Å². The molecule has 1 heterocycles. The highest BCUT2D eigenvalue weighted by Crippen LogP contribution is 2.03. The summed E-state index contributed by atoms with van der Waals surface area (Å²) in [6.07, 6.45) is -1.04. The van der Waals surface area contributed by atoms with E-state index >= 15 is 0 Å². The van der Waals surface area contributed by atoms with Gasteiger partial charge >= 0.3 is 0 Å². The lowest BCUT2D eigenvalue weighted by molar-refractivity contribution is -0.134. The molecule has 9 heavy (non-hydrogen) atoms. The molecule has 0 saturated carbocycles. The molecule has 4 nitrogen and oxygen atoms in total. The summed E-state index contributed by atoms with van der Waals surface area (Å²) in [5, 5.41) is 11.5. The molecule has 0 aliphatic carbocycles. The molecule has 0 bridgehead atoms. The van der Waals surface area contributed by atoms with Gasteiger partial charge in [0, 0.05) is 7.05 Å². The number of hydrogen-bond acceptors (Lipinski definition) is 3. The minimum atomic E-state index is -0.995. The quantitative estimate of drug-likeness (QED) is 0.429. The van der Waals surface area contributed by atoms with Gasteiger partial charge in [0.2, 0.25) is 0 Å². The van der Waals surface area contributed by atoms with E-state index in [0.717, 1.165) is 0 Å². The van der Waals surface area contributed by atoms with E-state index in [-0.39, 0.29) is 12.1 Å². The van der Waals surface area contributed by atoms with Crippen LogP contribution in [0.2, 0.25) is 0 Å². The van der Waals surface area contributed by atoms with Crippen molar-refractivity contribution in [1.29, 1.82) is 0 Å². The molecule has 0 aromatic carbocycles. The number of aliphatic hydroxyl groups is 1. The topological polar surface area (TPSA) is 52.6 Å². The van der Waals surface area contributed by atoms with Gasteiger partial charge in [0.25, 0.3) is 5.91 Å². The van der Waals surface area contributed by atoms with Crippen molar-refractivity contribution in [1.82, 2.24) is 10.2 Å². The summed E-state index contributed by atoms with van der Waals surface area (Å²) >= 11 is 0. The third-order valence-corrected chi connectivity index (χ3v) is 1.56. The van der Waals surface area contributed by atoms with Crippen LogP contribution in [-0.2, 0) is 4.79 Å². The van der Waals surface area contributed by atoms with Gasteiger partial charge in [-0.25, -0.2) is 0 Å². The highest BCUT2D eigenvalue weighted by Gasteiger charge is 2.31. The third kappa shape index (κ3) is 0.906. The van der Waals surface area contributed by atoms with Gasteiger partial charge < -0.3 is 10.0 Å². The van der Waals surface area contributed by atoms with Gasteiger partial charge in [-0.3, -0.25) is 10.1 Å². The van der Waals surface area contributed by atoms with Crippen LogP contribution in [0, 0.1) is 0 Å². The second kappa shape index (κ2) is 1.97. The lowest BCUT2D eigenvalue weighted by Crippen LogP contribution is -2.31. The van der Waals surface area contributed by atoms with E-state index in [0.29, 0.717) is 0 Å². The molecule has 4 heteroatoms. The molecule has 0 spiro atoms. The second-order valence-electron chi connectivity index (χ2n) is 2.19. The van der Waals surface area contributed by atoms with Crippen LogP contribution in [0.25, 0.3) is 0 Å². The van der Waals surface area contributed by atoms with E-state index in [1.165, 1.54) is 4.90 Å². The van der Waals surface area contributed by atoms with Gasteiger partial charge in [-0.15, -0.1) is 0 Å². The first-order chi connectivity index (χ1) is 4.13. The Balaban J connectivity index is 2.65. The van der Waals surface area contributed by atoms with E-state index in [1.54, 1.807) is 7.05 Å². The van der Waals surface area contributed by atoms with Crippen LogP contribution in [0.1, 0.15) is 6.92 Å². The van der Waals surface area contributed by atoms with Crippen LogP contribution in [0.3, 0.4) is 0 Å². The zero-order valence-corrected chi connectivity index (χ0v) is 5.46. The fourth-order valence-electron chi connectivity index (χ4n) is 0.795. The number of nitrogens with zero attached hydrogens (tertiary/aromatic N) is 1. The van der Waals surface area contributed by atoms with Crippen molar-refractivity contribution in [3.05, 3.63) is 0 Å². The molecular weight excluding hydrogens is 120 g/mol. The number of hydrogen-bond donors (Lipinski definition) is 2. The Kier molecular flexibility index (Phi) is 1.42. The molecule has 1 saturated heterocycles. The van der Waals surface area contributed by atoms with Crippen LogP contribution < -0.4 is 5.32 Å². The van der Waals surface area contributed by atoms with Gasteiger partial charge in [0.15, 0.2) is 6.23 Å². The summed E-state index contributed by atoms with van der Waals surface area (Å²) in [6, 6.07) is 0. The van der Waals surface area contributed by atoms with Crippen molar-refractivity contribution >= 4 is 5.91 Å². The van der Waals surface area contributed by atoms with Crippen LogP contribution in [0.5, 0.6) is 0 Å². The normalized spacial score (nSPS) is 35.9. The first-order valence-corrected chi connectivity index (χ1v) is 2.83. The molecule has 52 valence electrons. The maximum absolute atomic E-state index is 10.7. The predicted octanol–water partition coefficient (Wildman–Crippen LogP) is -1.29. The smallest absolute Gasteiger partial charge is 0.267 e. The SMILES string of the molecule is CC1NC(O)C(=O)N1C. The number of aliphatic hydroxyl groups excluding tert-OH is 1. The molecule has 1 aliphatic rings. The highest BCUT2D eigenvalue weighted by molar-refractivity contribution is 5.82. The molecule has 0 aromatic heterocycles. The van der Waals surface area contributed by atoms with Gasteiger partial charge in [0.05, 0.1) is 6.17 Å². The van der Waals surface area contributed by atoms with Crippen molar-refractivity contribution < 1.29 is 9.90 Å². The summed E-state index contributed by atoms with van der Waals surface area (Å²) in [7, 11) is 1.65. The van der Waals surface area contributed by atoms with E-state index in [9.17, 15) is 4.79 Å².